The lowest BCUT2D eigenvalue weighted by Crippen LogP contribution is -2.28. The standard InChI is InChI=1S/C22H29N3O/c1-25(12-11-16-9-10-20-21(13-16)24-15-23-20)14-17-5-3-7-19-18(17)6-4-8-22(19)26-2/h4,6,8-10,13,17,23-24H,3,5,7,11-12,14-15H2,1-2H3. The fourth-order valence-electron chi connectivity index (χ4n) is 4.36. The lowest BCUT2D eigenvalue weighted by atomic mass is 9.82. The number of nitrogens with zero attached hydrogens (tertiary/aromatic N) is 1. The summed E-state index contributed by atoms with van der Waals surface area (Å²) in [5.74, 6) is 1.68. The number of benzene rings is 2. The Hall–Kier alpha value is -2.20. The van der Waals surface area contributed by atoms with Crippen LogP contribution in [0.15, 0.2) is 36.4 Å². The number of fused-ring (bicyclic) bond motifs is 2. The average Bonchev–Trinajstić information content (AvgIpc) is 3.14. The molecule has 1 heterocycles. The molecule has 4 rings (SSSR count). The summed E-state index contributed by atoms with van der Waals surface area (Å²) in [5.41, 5.74) is 6.78. The highest BCUT2D eigenvalue weighted by atomic mass is 16.5. The average molecular weight is 351 g/mol. The van der Waals surface area contributed by atoms with Gasteiger partial charge in [-0.2, -0.15) is 0 Å². The molecule has 26 heavy (non-hydrogen) atoms. The lowest BCUT2D eigenvalue weighted by molar-refractivity contribution is 0.299. The molecule has 138 valence electrons. The summed E-state index contributed by atoms with van der Waals surface area (Å²) in [5, 5.41) is 6.71. The van der Waals surface area contributed by atoms with Crippen molar-refractivity contribution < 1.29 is 4.74 Å². The van der Waals surface area contributed by atoms with Gasteiger partial charge in [0, 0.05) is 13.1 Å². The SMILES string of the molecule is COc1cccc2c1CCCC2CN(C)CCc1ccc2c(c1)NCN2. The molecule has 0 bridgehead atoms. The van der Waals surface area contributed by atoms with Crippen molar-refractivity contribution in [2.75, 3.05) is 44.5 Å². The molecule has 2 aromatic rings. The Bertz CT molecular complexity index is 774. The van der Waals surface area contributed by atoms with Crippen LogP contribution in [0.3, 0.4) is 0 Å². The van der Waals surface area contributed by atoms with Crippen LogP contribution in [-0.2, 0) is 12.8 Å². The highest BCUT2D eigenvalue weighted by Crippen LogP contribution is 2.37. The summed E-state index contributed by atoms with van der Waals surface area (Å²) in [4.78, 5) is 2.48. The monoisotopic (exact) mass is 351 g/mol. The third-order valence-corrected chi connectivity index (χ3v) is 5.76. The molecule has 4 nitrogen and oxygen atoms in total. The second-order valence-corrected chi connectivity index (χ2v) is 7.54. The van der Waals surface area contributed by atoms with Crippen molar-refractivity contribution in [2.45, 2.75) is 31.6 Å². The van der Waals surface area contributed by atoms with Gasteiger partial charge in [-0.25, -0.2) is 0 Å². The first-order chi connectivity index (χ1) is 12.7. The fraction of sp³-hybridized carbons (Fsp3) is 0.455. The maximum atomic E-state index is 5.58. The van der Waals surface area contributed by atoms with E-state index in [1.54, 1.807) is 7.11 Å². The molecule has 1 aliphatic carbocycles. The van der Waals surface area contributed by atoms with Crippen LogP contribution in [0.25, 0.3) is 0 Å². The first-order valence-corrected chi connectivity index (χ1v) is 9.69. The Kier molecular flexibility index (Phi) is 5.02. The van der Waals surface area contributed by atoms with Crippen LogP contribution in [-0.4, -0.2) is 38.8 Å². The minimum atomic E-state index is 0.615. The summed E-state index contributed by atoms with van der Waals surface area (Å²) in [6.45, 7) is 3.04. The van der Waals surface area contributed by atoms with Gasteiger partial charge in [0.25, 0.3) is 0 Å². The van der Waals surface area contributed by atoms with Gasteiger partial charge in [0.15, 0.2) is 0 Å². The van der Waals surface area contributed by atoms with Crippen molar-refractivity contribution in [2.24, 2.45) is 0 Å². The largest absolute Gasteiger partial charge is 0.496 e. The molecule has 2 N–H and O–H groups in total. The smallest absolute Gasteiger partial charge is 0.122 e. The first kappa shape index (κ1) is 17.2. The van der Waals surface area contributed by atoms with E-state index in [1.807, 2.05) is 0 Å². The van der Waals surface area contributed by atoms with E-state index in [2.05, 4.69) is 59.0 Å². The van der Waals surface area contributed by atoms with Gasteiger partial charge in [0.1, 0.15) is 5.75 Å². The van der Waals surface area contributed by atoms with Crippen molar-refractivity contribution in [1.82, 2.24) is 4.90 Å². The highest BCUT2D eigenvalue weighted by molar-refractivity contribution is 5.73. The topological polar surface area (TPSA) is 36.5 Å². The van der Waals surface area contributed by atoms with E-state index < -0.39 is 0 Å². The van der Waals surface area contributed by atoms with Gasteiger partial charge in [-0.3, -0.25) is 0 Å². The Morgan fingerprint density at radius 2 is 2.04 bits per heavy atom. The van der Waals surface area contributed by atoms with Gasteiger partial charge in [-0.05, 0) is 73.5 Å². The molecule has 2 aromatic carbocycles. The Morgan fingerprint density at radius 1 is 1.15 bits per heavy atom. The molecule has 4 heteroatoms. The zero-order valence-corrected chi connectivity index (χ0v) is 15.8. The number of ether oxygens (including phenoxy) is 1. The van der Waals surface area contributed by atoms with Crippen molar-refractivity contribution in [3.8, 4) is 5.75 Å². The van der Waals surface area contributed by atoms with E-state index >= 15 is 0 Å². The molecule has 0 aromatic heterocycles. The summed E-state index contributed by atoms with van der Waals surface area (Å²) in [6.07, 6.45) is 4.77. The van der Waals surface area contributed by atoms with E-state index in [0.29, 0.717) is 5.92 Å². The molecule has 1 aliphatic heterocycles. The molecule has 0 saturated carbocycles. The second-order valence-electron chi connectivity index (χ2n) is 7.54. The Morgan fingerprint density at radius 3 is 2.92 bits per heavy atom. The molecule has 0 fully saturated rings. The Labute approximate surface area is 156 Å². The van der Waals surface area contributed by atoms with Gasteiger partial charge in [-0.1, -0.05) is 18.2 Å². The maximum Gasteiger partial charge on any atom is 0.122 e. The minimum Gasteiger partial charge on any atom is -0.496 e. The van der Waals surface area contributed by atoms with Crippen molar-refractivity contribution in [1.29, 1.82) is 0 Å². The highest BCUT2D eigenvalue weighted by Gasteiger charge is 2.23. The van der Waals surface area contributed by atoms with Crippen molar-refractivity contribution >= 4 is 11.4 Å². The predicted molar refractivity (Wildman–Crippen MR) is 108 cm³/mol. The van der Waals surface area contributed by atoms with Gasteiger partial charge in [-0.15, -0.1) is 0 Å². The van der Waals surface area contributed by atoms with E-state index in [1.165, 1.54) is 40.9 Å². The van der Waals surface area contributed by atoms with Crippen LogP contribution < -0.4 is 15.4 Å². The molecule has 0 saturated heterocycles. The summed E-state index contributed by atoms with van der Waals surface area (Å²) in [6, 6.07) is 13.3. The number of rotatable bonds is 6. The third kappa shape index (κ3) is 3.51. The lowest BCUT2D eigenvalue weighted by Gasteiger charge is -2.30. The Balaban J connectivity index is 1.38. The molecule has 1 unspecified atom stereocenters. The van der Waals surface area contributed by atoms with Crippen molar-refractivity contribution in [3.05, 3.63) is 53.1 Å². The maximum absolute atomic E-state index is 5.58. The van der Waals surface area contributed by atoms with Crippen LogP contribution in [0.5, 0.6) is 5.75 Å². The van der Waals surface area contributed by atoms with Crippen LogP contribution >= 0.6 is 0 Å². The van der Waals surface area contributed by atoms with E-state index in [9.17, 15) is 0 Å². The van der Waals surface area contributed by atoms with E-state index in [0.717, 1.165) is 38.3 Å². The van der Waals surface area contributed by atoms with Gasteiger partial charge in [0.05, 0.1) is 25.2 Å². The number of anilines is 2. The molecule has 0 amide bonds. The van der Waals surface area contributed by atoms with Crippen LogP contribution in [0, 0.1) is 0 Å². The van der Waals surface area contributed by atoms with E-state index in [4.69, 9.17) is 4.74 Å². The fourth-order valence-corrected chi connectivity index (χ4v) is 4.36. The summed E-state index contributed by atoms with van der Waals surface area (Å²) >= 11 is 0. The predicted octanol–water partition coefficient (Wildman–Crippen LogP) is 4.08. The normalized spacial score (nSPS) is 18.0. The molecule has 0 spiro atoms. The second kappa shape index (κ2) is 7.58. The van der Waals surface area contributed by atoms with Crippen molar-refractivity contribution in [3.63, 3.8) is 0 Å². The summed E-state index contributed by atoms with van der Waals surface area (Å²) < 4.78 is 5.58. The molecule has 2 aliphatic rings. The van der Waals surface area contributed by atoms with Crippen LogP contribution in [0.1, 0.15) is 35.4 Å². The molecular weight excluding hydrogens is 322 g/mol. The molecule has 1 atom stereocenters. The van der Waals surface area contributed by atoms with Crippen LogP contribution in [0.2, 0.25) is 0 Å². The zero-order valence-electron chi connectivity index (χ0n) is 15.8. The van der Waals surface area contributed by atoms with Crippen LogP contribution in [0.4, 0.5) is 11.4 Å². The number of methoxy groups -OCH3 is 1. The number of hydrogen-bond donors (Lipinski definition) is 2. The first-order valence-electron chi connectivity index (χ1n) is 9.69. The number of hydrogen-bond acceptors (Lipinski definition) is 4. The number of nitrogens with one attached hydrogen (secondary N) is 2. The quantitative estimate of drug-likeness (QED) is 0.822. The minimum absolute atomic E-state index is 0.615. The van der Waals surface area contributed by atoms with E-state index in [-0.39, 0.29) is 0 Å². The van der Waals surface area contributed by atoms with Gasteiger partial charge in [0.2, 0.25) is 0 Å². The molecular formula is C22H29N3O. The molecule has 0 radical (unpaired) electrons. The summed E-state index contributed by atoms with van der Waals surface area (Å²) in [7, 11) is 4.04. The zero-order chi connectivity index (χ0) is 17.9. The third-order valence-electron chi connectivity index (χ3n) is 5.76. The number of likely N-dealkylation sites (N-methyl/N-ethyl adjacent to an activating group) is 1. The van der Waals surface area contributed by atoms with Gasteiger partial charge < -0.3 is 20.3 Å². The van der Waals surface area contributed by atoms with Gasteiger partial charge >= 0.3 is 0 Å².